The van der Waals surface area contributed by atoms with Crippen molar-refractivity contribution in [2.45, 2.75) is 45.4 Å². The Hall–Kier alpha value is -1.11. The molecule has 2 amide bonds. The summed E-state index contributed by atoms with van der Waals surface area (Å²) in [5.41, 5.74) is -0.705. The number of nitrogens with zero attached hydrogens (tertiary/aromatic N) is 1. The number of alkyl carbamates (subject to hydrolysis) is 1. The van der Waals surface area contributed by atoms with Gasteiger partial charge in [0.05, 0.1) is 6.04 Å². The molecule has 8 nitrogen and oxygen atoms in total. The first-order chi connectivity index (χ1) is 7.93. The monoisotopic (exact) mass is 280 g/mol. The van der Waals surface area contributed by atoms with E-state index in [9.17, 15) is 14.2 Å². The lowest BCUT2D eigenvalue weighted by Crippen LogP contribution is -2.68. The Balaban J connectivity index is 2.60. The third kappa shape index (κ3) is 3.22. The lowest BCUT2D eigenvalue weighted by atomic mass is 10.0. The Morgan fingerprint density at radius 1 is 1.44 bits per heavy atom. The lowest BCUT2D eigenvalue weighted by molar-refractivity contribution is -0.142. The average Bonchev–Trinajstić information content (AvgIpc) is 2.09. The summed E-state index contributed by atoms with van der Waals surface area (Å²) in [5.74, 6) is -0.818. The number of nitrogens with one attached hydrogen (secondary N) is 1. The molecular weight excluding hydrogens is 263 g/mol. The van der Waals surface area contributed by atoms with Gasteiger partial charge in [0.15, 0.2) is 0 Å². The average molecular weight is 280 g/mol. The van der Waals surface area contributed by atoms with E-state index in [1.54, 1.807) is 20.8 Å². The van der Waals surface area contributed by atoms with Gasteiger partial charge in [0.2, 0.25) is 0 Å². The Bertz CT molecular complexity index is 412. The minimum atomic E-state index is -4.61. The highest BCUT2D eigenvalue weighted by atomic mass is 31.2. The lowest BCUT2D eigenvalue weighted by Gasteiger charge is -2.44. The zero-order valence-electron chi connectivity index (χ0n) is 10.6. The molecule has 0 aromatic heterocycles. The number of β-lactam (4-membered cyclic amide) rings is 1. The molecule has 0 saturated carbocycles. The molecule has 3 N–H and O–H groups in total. The van der Waals surface area contributed by atoms with Crippen LogP contribution in [-0.2, 0) is 14.1 Å². The molecule has 1 heterocycles. The molecule has 0 bridgehead atoms. The predicted molar refractivity (Wildman–Crippen MR) is 61.5 cm³/mol. The second kappa shape index (κ2) is 4.53. The van der Waals surface area contributed by atoms with Crippen molar-refractivity contribution in [1.29, 1.82) is 0 Å². The third-order valence-corrected chi connectivity index (χ3v) is 3.44. The molecule has 0 aromatic carbocycles. The van der Waals surface area contributed by atoms with Gasteiger partial charge in [-0.25, -0.2) is 14.0 Å². The van der Waals surface area contributed by atoms with Crippen LogP contribution in [0.2, 0.25) is 0 Å². The van der Waals surface area contributed by atoms with E-state index in [1.165, 1.54) is 6.92 Å². The Morgan fingerprint density at radius 2 is 1.94 bits per heavy atom. The van der Waals surface area contributed by atoms with E-state index >= 15 is 0 Å². The maximum absolute atomic E-state index is 11.5. The summed E-state index contributed by atoms with van der Waals surface area (Å²) in [6.45, 7) is 6.43. The fraction of sp³-hybridized carbons (Fsp3) is 0.778. The number of ether oxygens (including phenoxy) is 1. The van der Waals surface area contributed by atoms with Crippen molar-refractivity contribution in [3.05, 3.63) is 0 Å². The molecule has 1 fully saturated rings. The van der Waals surface area contributed by atoms with E-state index in [2.05, 4.69) is 5.32 Å². The van der Waals surface area contributed by atoms with Crippen molar-refractivity contribution in [1.82, 2.24) is 9.99 Å². The molecule has 104 valence electrons. The van der Waals surface area contributed by atoms with E-state index < -0.39 is 37.4 Å². The number of rotatable bonds is 2. The molecule has 1 saturated heterocycles. The topological polar surface area (TPSA) is 116 Å². The minimum absolute atomic E-state index is 0.440. The summed E-state index contributed by atoms with van der Waals surface area (Å²) in [5, 5.41) is 2.28. The van der Waals surface area contributed by atoms with Crippen molar-refractivity contribution in [3.63, 3.8) is 0 Å². The molecule has 0 aliphatic carbocycles. The molecule has 9 heteroatoms. The molecule has 1 rings (SSSR count). The van der Waals surface area contributed by atoms with Crippen LogP contribution in [-0.4, -0.2) is 44.1 Å². The SMILES string of the molecule is CC1[C@H](NC(=O)OC(C)(C)C)C(=O)N1P(=O)(O)O. The van der Waals surface area contributed by atoms with Gasteiger partial charge < -0.3 is 19.8 Å². The van der Waals surface area contributed by atoms with E-state index in [4.69, 9.17) is 14.5 Å². The molecule has 0 aromatic rings. The van der Waals surface area contributed by atoms with Gasteiger partial charge in [-0.05, 0) is 27.7 Å². The van der Waals surface area contributed by atoms with Crippen LogP contribution in [0.3, 0.4) is 0 Å². The number of carbonyl (C=O) groups excluding carboxylic acids is 2. The maximum Gasteiger partial charge on any atom is 0.432 e. The van der Waals surface area contributed by atoms with Crippen molar-refractivity contribution < 1.29 is 28.7 Å². The van der Waals surface area contributed by atoms with Gasteiger partial charge in [-0.3, -0.25) is 4.79 Å². The van der Waals surface area contributed by atoms with Crippen LogP contribution in [0.5, 0.6) is 0 Å². The van der Waals surface area contributed by atoms with Crippen molar-refractivity contribution in [3.8, 4) is 0 Å². The summed E-state index contributed by atoms with van der Waals surface area (Å²) in [6, 6.07) is -1.74. The normalized spacial score (nSPS) is 24.6. The van der Waals surface area contributed by atoms with E-state index in [0.29, 0.717) is 4.67 Å². The van der Waals surface area contributed by atoms with Crippen LogP contribution in [0.4, 0.5) is 4.79 Å². The van der Waals surface area contributed by atoms with Crippen LogP contribution < -0.4 is 5.32 Å². The van der Waals surface area contributed by atoms with Gasteiger partial charge in [0, 0.05) is 0 Å². The number of carbonyl (C=O) groups is 2. The molecule has 2 atom stereocenters. The van der Waals surface area contributed by atoms with Gasteiger partial charge in [-0.2, -0.15) is 0 Å². The highest BCUT2D eigenvalue weighted by Gasteiger charge is 2.53. The van der Waals surface area contributed by atoms with Crippen molar-refractivity contribution >= 4 is 19.7 Å². The molecule has 1 aliphatic rings. The van der Waals surface area contributed by atoms with Crippen LogP contribution in [0, 0.1) is 0 Å². The number of amides is 2. The van der Waals surface area contributed by atoms with Crippen LogP contribution in [0.15, 0.2) is 0 Å². The maximum atomic E-state index is 11.5. The first kappa shape index (κ1) is 14.9. The highest BCUT2D eigenvalue weighted by molar-refractivity contribution is 7.50. The third-order valence-electron chi connectivity index (χ3n) is 2.31. The van der Waals surface area contributed by atoms with Crippen LogP contribution >= 0.6 is 7.75 Å². The Kier molecular flexibility index (Phi) is 3.76. The number of hydrogen-bond donors (Lipinski definition) is 3. The van der Waals surface area contributed by atoms with Gasteiger partial charge in [0.25, 0.3) is 5.91 Å². The van der Waals surface area contributed by atoms with Gasteiger partial charge >= 0.3 is 13.8 Å². The zero-order chi connectivity index (χ0) is 14.3. The van der Waals surface area contributed by atoms with Crippen molar-refractivity contribution in [2.75, 3.05) is 0 Å². The summed E-state index contributed by atoms with van der Waals surface area (Å²) >= 11 is 0. The second-order valence-corrected chi connectivity index (χ2v) is 6.52. The summed E-state index contributed by atoms with van der Waals surface area (Å²) < 4.78 is 16.3. The zero-order valence-corrected chi connectivity index (χ0v) is 11.5. The molecule has 1 aliphatic heterocycles. The summed E-state index contributed by atoms with van der Waals surface area (Å²) in [6.07, 6.45) is -0.793. The highest BCUT2D eigenvalue weighted by Crippen LogP contribution is 2.47. The molecule has 0 radical (unpaired) electrons. The van der Waals surface area contributed by atoms with E-state index in [-0.39, 0.29) is 0 Å². The fourth-order valence-electron chi connectivity index (χ4n) is 1.59. The number of hydrogen-bond acceptors (Lipinski definition) is 4. The summed E-state index contributed by atoms with van der Waals surface area (Å²) in [7, 11) is -4.61. The minimum Gasteiger partial charge on any atom is -0.444 e. The fourth-order valence-corrected chi connectivity index (χ4v) is 2.58. The van der Waals surface area contributed by atoms with Crippen molar-refractivity contribution in [2.24, 2.45) is 0 Å². The second-order valence-electron chi connectivity index (χ2n) is 5.06. The molecule has 0 spiro atoms. The van der Waals surface area contributed by atoms with Crippen LogP contribution in [0.1, 0.15) is 27.7 Å². The predicted octanol–water partition coefficient (Wildman–Crippen LogP) is 0.203. The Labute approximate surface area is 105 Å². The molecule has 18 heavy (non-hydrogen) atoms. The van der Waals surface area contributed by atoms with Crippen LogP contribution in [0.25, 0.3) is 0 Å². The van der Waals surface area contributed by atoms with Gasteiger partial charge in [-0.1, -0.05) is 0 Å². The van der Waals surface area contributed by atoms with Gasteiger partial charge in [0.1, 0.15) is 11.6 Å². The first-order valence-electron chi connectivity index (χ1n) is 5.32. The largest absolute Gasteiger partial charge is 0.444 e. The smallest absolute Gasteiger partial charge is 0.432 e. The quantitative estimate of drug-likeness (QED) is 0.491. The van der Waals surface area contributed by atoms with Gasteiger partial charge in [-0.15, -0.1) is 0 Å². The first-order valence-corrected chi connectivity index (χ1v) is 6.88. The molecular formula is C9H17N2O6P. The van der Waals surface area contributed by atoms with E-state index in [1.807, 2.05) is 0 Å². The standard InChI is InChI=1S/C9H17N2O6P/c1-5-6(7(12)11(5)18(14,15)16)10-8(13)17-9(2,3)4/h5-6H,1-4H3,(H,10,13)(H2,14,15,16)/t5?,6-/m0/s1. The van der Waals surface area contributed by atoms with E-state index in [0.717, 1.165) is 0 Å². The molecule has 1 unspecified atom stereocenters. The Morgan fingerprint density at radius 3 is 2.28 bits per heavy atom. The summed E-state index contributed by atoms with van der Waals surface area (Å²) in [4.78, 5) is 40.7.